The van der Waals surface area contributed by atoms with Gasteiger partial charge in [0.15, 0.2) is 0 Å². The van der Waals surface area contributed by atoms with E-state index in [9.17, 15) is 10.1 Å². The van der Waals surface area contributed by atoms with Crippen LogP contribution < -0.4 is 0 Å². The zero-order valence-corrected chi connectivity index (χ0v) is 15.0. The van der Waals surface area contributed by atoms with Gasteiger partial charge < -0.3 is 4.90 Å². The van der Waals surface area contributed by atoms with Crippen molar-refractivity contribution in [2.45, 2.75) is 59.7 Å². The number of carbonyl (C=O) groups is 1. The molecular formula is C17H32N4O. The Morgan fingerprint density at radius 2 is 1.55 bits per heavy atom. The van der Waals surface area contributed by atoms with Gasteiger partial charge in [0.2, 0.25) is 5.91 Å². The lowest BCUT2D eigenvalue weighted by Crippen LogP contribution is -2.55. The first-order valence-electron chi connectivity index (χ1n) is 8.45. The third kappa shape index (κ3) is 4.96. The molecule has 1 amide bonds. The van der Waals surface area contributed by atoms with E-state index >= 15 is 0 Å². The molecule has 5 heteroatoms. The number of piperazine rings is 1. The van der Waals surface area contributed by atoms with Gasteiger partial charge in [0, 0.05) is 38.3 Å². The van der Waals surface area contributed by atoms with Crippen LogP contribution in [0.5, 0.6) is 0 Å². The Hall–Kier alpha value is -1.12. The van der Waals surface area contributed by atoms with Crippen LogP contribution in [0.1, 0.15) is 41.5 Å². The fourth-order valence-electron chi connectivity index (χ4n) is 3.12. The van der Waals surface area contributed by atoms with Crippen LogP contribution in [-0.4, -0.2) is 71.5 Å². The van der Waals surface area contributed by atoms with E-state index in [0.29, 0.717) is 24.5 Å². The molecule has 1 atom stereocenters. The normalized spacial score (nSPS) is 18.3. The highest BCUT2D eigenvalue weighted by Crippen LogP contribution is 2.14. The monoisotopic (exact) mass is 308 g/mol. The molecule has 22 heavy (non-hydrogen) atoms. The molecule has 1 fully saturated rings. The molecule has 1 heterocycles. The molecule has 0 N–H and O–H groups in total. The number of amides is 1. The predicted molar refractivity (Wildman–Crippen MR) is 89.4 cm³/mol. The van der Waals surface area contributed by atoms with Gasteiger partial charge in [0.05, 0.1) is 12.6 Å². The van der Waals surface area contributed by atoms with E-state index < -0.39 is 0 Å². The summed E-state index contributed by atoms with van der Waals surface area (Å²) in [6.07, 6.45) is 0. The number of nitriles is 1. The van der Waals surface area contributed by atoms with Crippen molar-refractivity contribution >= 4 is 5.91 Å². The quantitative estimate of drug-likeness (QED) is 0.751. The van der Waals surface area contributed by atoms with Crippen LogP contribution in [0.2, 0.25) is 0 Å². The van der Waals surface area contributed by atoms with Crippen LogP contribution in [0.3, 0.4) is 0 Å². The van der Waals surface area contributed by atoms with Crippen molar-refractivity contribution in [1.82, 2.24) is 14.7 Å². The smallest absolute Gasteiger partial charge is 0.236 e. The summed E-state index contributed by atoms with van der Waals surface area (Å²) in [5.74, 6) is 0.532. The molecule has 0 aromatic heterocycles. The van der Waals surface area contributed by atoms with E-state index in [1.807, 2.05) is 4.90 Å². The summed E-state index contributed by atoms with van der Waals surface area (Å²) >= 11 is 0. The minimum Gasteiger partial charge on any atom is -0.339 e. The maximum Gasteiger partial charge on any atom is 0.236 e. The standard InChI is InChI=1S/C17H32N4O/c1-13(2)16(11-18)19-7-9-20(10-8-19)17(22)12-21(14(3)4)15(5)6/h13-16H,7-10,12H2,1-6H3. The Labute approximate surface area is 135 Å². The number of rotatable bonds is 6. The van der Waals surface area contributed by atoms with Crippen LogP contribution in [0.25, 0.3) is 0 Å². The molecule has 0 aromatic carbocycles. The molecule has 0 aromatic rings. The molecule has 0 aliphatic carbocycles. The van der Waals surface area contributed by atoms with Gasteiger partial charge in [-0.15, -0.1) is 0 Å². The van der Waals surface area contributed by atoms with Crippen LogP contribution >= 0.6 is 0 Å². The second-order valence-corrected chi connectivity index (χ2v) is 7.09. The molecular weight excluding hydrogens is 276 g/mol. The van der Waals surface area contributed by atoms with Crippen molar-refractivity contribution in [1.29, 1.82) is 5.26 Å². The Morgan fingerprint density at radius 1 is 1.05 bits per heavy atom. The van der Waals surface area contributed by atoms with Crippen LogP contribution in [0.15, 0.2) is 0 Å². The first-order chi connectivity index (χ1) is 10.3. The van der Waals surface area contributed by atoms with Gasteiger partial charge in [-0.1, -0.05) is 13.8 Å². The Kier molecular flexibility index (Phi) is 7.31. The Balaban J connectivity index is 2.54. The zero-order chi connectivity index (χ0) is 16.9. The van der Waals surface area contributed by atoms with Crippen LogP contribution in [-0.2, 0) is 4.79 Å². The van der Waals surface area contributed by atoms with E-state index in [0.717, 1.165) is 26.2 Å². The fraction of sp³-hybridized carbons (Fsp3) is 0.882. The first-order valence-corrected chi connectivity index (χ1v) is 8.45. The number of carbonyl (C=O) groups excluding carboxylic acids is 1. The van der Waals surface area contributed by atoms with E-state index in [2.05, 4.69) is 57.4 Å². The molecule has 0 saturated carbocycles. The zero-order valence-electron chi connectivity index (χ0n) is 15.0. The van der Waals surface area contributed by atoms with E-state index in [4.69, 9.17) is 0 Å². The molecule has 1 aliphatic rings. The van der Waals surface area contributed by atoms with Gasteiger partial charge in [-0.25, -0.2) is 0 Å². The van der Waals surface area contributed by atoms with Crippen molar-refractivity contribution in [3.05, 3.63) is 0 Å². The van der Waals surface area contributed by atoms with Crippen molar-refractivity contribution in [2.75, 3.05) is 32.7 Å². The largest absolute Gasteiger partial charge is 0.339 e. The SMILES string of the molecule is CC(C)C(C#N)N1CCN(C(=O)CN(C(C)C)C(C)C)CC1. The van der Waals surface area contributed by atoms with E-state index in [1.54, 1.807) is 0 Å². The minimum absolute atomic E-state index is 0.0416. The molecule has 126 valence electrons. The van der Waals surface area contributed by atoms with Gasteiger partial charge in [-0.3, -0.25) is 14.6 Å². The topological polar surface area (TPSA) is 50.6 Å². The Bertz CT molecular complexity index is 384. The van der Waals surface area contributed by atoms with E-state index in [1.165, 1.54) is 0 Å². The molecule has 0 bridgehead atoms. The highest BCUT2D eigenvalue weighted by Gasteiger charge is 2.28. The molecule has 5 nitrogen and oxygen atoms in total. The average molecular weight is 308 g/mol. The number of hydrogen-bond acceptors (Lipinski definition) is 4. The summed E-state index contributed by atoms with van der Waals surface area (Å²) in [5, 5.41) is 9.29. The second-order valence-electron chi connectivity index (χ2n) is 7.09. The van der Waals surface area contributed by atoms with Crippen molar-refractivity contribution in [3.8, 4) is 6.07 Å². The summed E-state index contributed by atoms with van der Waals surface area (Å²) in [6.45, 7) is 16.2. The molecule has 1 aliphatic heterocycles. The van der Waals surface area contributed by atoms with E-state index in [-0.39, 0.29) is 11.9 Å². The predicted octanol–water partition coefficient (Wildman–Crippen LogP) is 1.80. The summed E-state index contributed by atoms with van der Waals surface area (Å²) in [5.41, 5.74) is 0. The summed E-state index contributed by atoms with van der Waals surface area (Å²) in [6, 6.07) is 3.09. The molecule has 1 unspecified atom stereocenters. The third-order valence-electron chi connectivity index (χ3n) is 4.47. The second kappa shape index (κ2) is 8.50. The molecule has 1 rings (SSSR count). The first kappa shape index (κ1) is 18.9. The Morgan fingerprint density at radius 3 is 1.91 bits per heavy atom. The van der Waals surface area contributed by atoms with Gasteiger partial charge in [-0.05, 0) is 33.6 Å². The number of hydrogen-bond donors (Lipinski definition) is 0. The lowest BCUT2D eigenvalue weighted by atomic mass is 10.0. The van der Waals surface area contributed by atoms with Crippen molar-refractivity contribution in [2.24, 2.45) is 5.92 Å². The van der Waals surface area contributed by atoms with Gasteiger partial charge in [0.1, 0.15) is 6.04 Å². The van der Waals surface area contributed by atoms with Gasteiger partial charge >= 0.3 is 0 Å². The third-order valence-corrected chi connectivity index (χ3v) is 4.47. The van der Waals surface area contributed by atoms with Crippen molar-refractivity contribution in [3.63, 3.8) is 0 Å². The van der Waals surface area contributed by atoms with Crippen molar-refractivity contribution < 1.29 is 4.79 Å². The lowest BCUT2D eigenvalue weighted by Gasteiger charge is -2.39. The molecule has 1 saturated heterocycles. The maximum absolute atomic E-state index is 12.5. The summed E-state index contributed by atoms with van der Waals surface area (Å²) in [4.78, 5) is 18.9. The van der Waals surface area contributed by atoms with Gasteiger partial charge in [-0.2, -0.15) is 5.26 Å². The summed E-state index contributed by atoms with van der Waals surface area (Å²) in [7, 11) is 0. The minimum atomic E-state index is -0.0416. The molecule has 0 radical (unpaired) electrons. The fourth-order valence-corrected chi connectivity index (χ4v) is 3.12. The highest BCUT2D eigenvalue weighted by molar-refractivity contribution is 5.78. The summed E-state index contributed by atoms with van der Waals surface area (Å²) < 4.78 is 0. The molecule has 0 spiro atoms. The maximum atomic E-state index is 12.5. The van der Waals surface area contributed by atoms with Crippen LogP contribution in [0, 0.1) is 17.2 Å². The van der Waals surface area contributed by atoms with Gasteiger partial charge in [0.25, 0.3) is 0 Å². The number of nitrogens with zero attached hydrogens (tertiary/aromatic N) is 4. The highest BCUT2D eigenvalue weighted by atomic mass is 16.2. The van der Waals surface area contributed by atoms with Crippen LogP contribution in [0.4, 0.5) is 0 Å². The average Bonchev–Trinajstić information content (AvgIpc) is 2.44. The lowest BCUT2D eigenvalue weighted by molar-refractivity contribution is -0.135.